The Hall–Kier alpha value is -2.34. The highest BCUT2D eigenvalue weighted by atomic mass is 35.5. The molecule has 3 heterocycles. The van der Waals surface area contributed by atoms with Crippen molar-refractivity contribution in [3.63, 3.8) is 0 Å². The number of amides is 1. The molecule has 2 fully saturated rings. The topological polar surface area (TPSA) is 105 Å². The lowest BCUT2D eigenvalue weighted by molar-refractivity contribution is -0.120. The second-order valence-corrected chi connectivity index (χ2v) is 11.7. The van der Waals surface area contributed by atoms with Gasteiger partial charge in [-0.3, -0.25) is 4.79 Å². The van der Waals surface area contributed by atoms with Crippen LogP contribution in [0.3, 0.4) is 0 Å². The first kappa shape index (κ1) is 22.5. The minimum Gasteiger partial charge on any atom is -0.339 e. The van der Waals surface area contributed by atoms with Crippen LogP contribution >= 0.6 is 22.9 Å². The average molecular weight is 511 g/mol. The van der Waals surface area contributed by atoms with E-state index in [1.807, 2.05) is 0 Å². The predicted octanol–water partition coefficient (Wildman–Crippen LogP) is 4.51. The van der Waals surface area contributed by atoms with Crippen LogP contribution in [0.2, 0.25) is 5.02 Å². The maximum absolute atomic E-state index is 13.3. The quantitative estimate of drug-likeness (QED) is 0.523. The van der Waals surface area contributed by atoms with Crippen LogP contribution in [0.15, 0.2) is 38.4 Å². The Labute approximate surface area is 198 Å². The van der Waals surface area contributed by atoms with Crippen LogP contribution < -0.4 is 5.32 Å². The maximum atomic E-state index is 13.3. The number of aromatic nitrogens is 2. The summed E-state index contributed by atoms with van der Waals surface area (Å²) >= 11 is 6.87. The molecule has 1 aromatic carbocycles. The summed E-state index contributed by atoms with van der Waals surface area (Å²) in [6, 6.07) is 5.53. The highest BCUT2D eigenvalue weighted by Crippen LogP contribution is 2.40. The van der Waals surface area contributed by atoms with Gasteiger partial charge in [-0.25, -0.2) is 12.8 Å². The molecule has 1 aliphatic heterocycles. The molecule has 1 amide bonds. The number of hydrogen-bond acceptors (Lipinski definition) is 7. The van der Waals surface area contributed by atoms with E-state index in [9.17, 15) is 17.6 Å². The summed E-state index contributed by atoms with van der Waals surface area (Å²) in [6.07, 6.45) is 2.84. The van der Waals surface area contributed by atoms with E-state index in [0.717, 1.165) is 24.2 Å². The number of piperidine rings is 1. The Kier molecular flexibility index (Phi) is 5.98. The van der Waals surface area contributed by atoms with Crippen molar-refractivity contribution in [1.29, 1.82) is 0 Å². The third kappa shape index (κ3) is 4.68. The van der Waals surface area contributed by atoms with Gasteiger partial charge in [-0.2, -0.15) is 9.29 Å². The van der Waals surface area contributed by atoms with E-state index in [4.69, 9.17) is 16.1 Å². The zero-order valence-corrected chi connectivity index (χ0v) is 19.7. The molecule has 12 heteroatoms. The molecular weight excluding hydrogens is 491 g/mol. The lowest BCUT2D eigenvalue weighted by Gasteiger charge is -2.30. The molecule has 5 rings (SSSR count). The predicted molar refractivity (Wildman–Crippen MR) is 121 cm³/mol. The Morgan fingerprint density at radius 3 is 2.67 bits per heavy atom. The first-order valence-electron chi connectivity index (χ1n) is 10.5. The third-order valence-corrected chi connectivity index (χ3v) is 9.41. The van der Waals surface area contributed by atoms with E-state index in [1.54, 1.807) is 11.4 Å². The first-order valence-corrected chi connectivity index (χ1v) is 13.2. The van der Waals surface area contributed by atoms with E-state index < -0.39 is 15.8 Å². The maximum Gasteiger partial charge on any atom is 0.252 e. The number of nitrogens with zero attached hydrogens (tertiary/aromatic N) is 3. The van der Waals surface area contributed by atoms with Gasteiger partial charge in [0.05, 0.1) is 5.02 Å². The van der Waals surface area contributed by atoms with Crippen LogP contribution in [0.25, 0.3) is 11.4 Å². The summed E-state index contributed by atoms with van der Waals surface area (Å²) in [5.74, 6) is 0.171. The molecule has 8 nitrogen and oxygen atoms in total. The van der Waals surface area contributed by atoms with E-state index in [1.165, 1.54) is 22.5 Å². The summed E-state index contributed by atoms with van der Waals surface area (Å²) < 4.78 is 46.4. The molecule has 1 saturated heterocycles. The van der Waals surface area contributed by atoms with Crippen molar-refractivity contribution in [2.24, 2.45) is 5.92 Å². The van der Waals surface area contributed by atoms with Gasteiger partial charge in [-0.1, -0.05) is 16.8 Å². The van der Waals surface area contributed by atoms with Gasteiger partial charge in [0.15, 0.2) is 0 Å². The highest BCUT2D eigenvalue weighted by molar-refractivity contribution is 7.91. The summed E-state index contributed by atoms with van der Waals surface area (Å²) in [5.41, 5.74) is 1.01. The van der Waals surface area contributed by atoms with Crippen LogP contribution in [0, 0.1) is 11.7 Å². The molecule has 2 aliphatic rings. The van der Waals surface area contributed by atoms with Crippen LogP contribution in [0.5, 0.6) is 0 Å². The number of rotatable bonds is 6. The van der Waals surface area contributed by atoms with Crippen LogP contribution in [-0.2, 0) is 14.8 Å². The second kappa shape index (κ2) is 8.79. The fraction of sp³-hybridized carbons (Fsp3) is 0.381. The fourth-order valence-electron chi connectivity index (χ4n) is 3.72. The molecule has 3 aromatic rings. The smallest absolute Gasteiger partial charge is 0.252 e. The number of anilines is 1. The Bertz CT molecular complexity index is 1300. The van der Waals surface area contributed by atoms with Crippen molar-refractivity contribution in [2.45, 2.75) is 35.8 Å². The van der Waals surface area contributed by atoms with Gasteiger partial charge >= 0.3 is 0 Å². The molecule has 1 N–H and O–H groups in total. The number of sulfonamides is 1. The van der Waals surface area contributed by atoms with E-state index >= 15 is 0 Å². The molecule has 0 atom stereocenters. The number of benzene rings is 1. The van der Waals surface area contributed by atoms with Gasteiger partial charge in [0.2, 0.25) is 17.6 Å². The van der Waals surface area contributed by atoms with Gasteiger partial charge in [-0.05, 0) is 49.9 Å². The molecule has 1 saturated carbocycles. The van der Waals surface area contributed by atoms with Gasteiger partial charge < -0.3 is 9.84 Å². The van der Waals surface area contributed by atoms with Crippen molar-refractivity contribution < 1.29 is 22.1 Å². The second-order valence-electron chi connectivity index (χ2n) is 8.18. The van der Waals surface area contributed by atoms with Crippen LogP contribution in [-0.4, -0.2) is 41.9 Å². The number of carbonyl (C=O) groups is 1. The van der Waals surface area contributed by atoms with Gasteiger partial charge in [0.1, 0.15) is 10.0 Å². The monoisotopic (exact) mass is 510 g/mol. The van der Waals surface area contributed by atoms with E-state index in [0.29, 0.717) is 41.7 Å². The third-order valence-electron chi connectivity index (χ3n) is 5.81. The zero-order valence-electron chi connectivity index (χ0n) is 17.3. The number of thiophene rings is 1. The largest absolute Gasteiger partial charge is 0.339 e. The summed E-state index contributed by atoms with van der Waals surface area (Å²) in [5, 5.41) is 8.33. The molecule has 174 valence electrons. The van der Waals surface area contributed by atoms with E-state index in [2.05, 4.69) is 15.5 Å². The normalized spacial score (nSPS) is 17.9. The van der Waals surface area contributed by atoms with Crippen molar-refractivity contribution in [3.05, 3.63) is 46.4 Å². The number of halogens is 2. The number of carbonyl (C=O) groups excluding carboxylic acids is 1. The minimum atomic E-state index is -3.69. The Morgan fingerprint density at radius 2 is 1.97 bits per heavy atom. The van der Waals surface area contributed by atoms with Crippen molar-refractivity contribution in [3.8, 4) is 11.4 Å². The van der Waals surface area contributed by atoms with E-state index in [-0.39, 0.29) is 34.1 Å². The molecule has 33 heavy (non-hydrogen) atoms. The summed E-state index contributed by atoms with van der Waals surface area (Å²) in [4.78, 5) is 16.9. The minimum absolute atomic E-state index is 0.0754. The zero-order chi connectivity index (χ0) is 23.2. The van der Waals surface area contributed by atoms with Crippen molar-refractivity contribution >= 4 is 44.6 Å². The molecule has 0 radical (unpaired) electrons. The van der Waals surface area contributed by atoms with Crippen LogP contribution in [0.4, 0.5) is 10.1 Å². The standard InChI is InChI=1S/C21H20ClFN4O4S2/c22-16-10-15(3-4-17(16)23)24-20(28)12-5-7-27(8-6-12)33(29,30)18-9-14(11-32-18)19-25-21(31-26-19)13-1-2-13/h3-4,9-13H,1-2,5-8H2,(H,24,28). The van der Waals surface area contributed by atoms with Crippen LogP contribution in [0.1, 0.15) is 37.5 Å². The number of hydrogen-bond donors (Lipinski definition) is 1. The average Bonchev–Trinajstić information content (AvgIpc) is 3.32. The van der Waals surface area contributed by atoms with Crippen molar-refractivity contribution in [2.75, 3.05) is 18.4 Å². The summed E-state index contributed by atoms with van der Waals surface area (Å²) in [7, 11) is -3.69. The van der Waals surface area contributed by atoms with Gasteiger partial charge in [0.25, 0.3) is 10.0 Å². The Balaban J connectivity index is 1.21. The fourth-order valence-corrected chi connectivity index (χ4v) is 6.68. The molecule has 0 spiro atoms. The highest BCUT2D eigenvalue weighted by Gasteiger charge is 2.34. The summed E-state index contributed by atoms with van der Waals surface area (Å²) in [6.45, 7) is 0.456. The molecule has 0 unspecified atom stereocenters. The molecule has 1 aliphatic carbocycles. The van der Waals surface area contributed by atoms with Gasteiger partial charge in [-0.15, -0.1) is 11.3 Å². The van der Waals surface area contributed by atoms with Gasteiger partial charge in [0, 0.05) is 41.6 Å². The lowest BCUT2D eigenvalue weighted by atomic mass is 9.97. The molecule has 0 bridgehead atoms. The molecular formula is C21H20ClFN4O4S2. The molecule has 2 aromatic heterocycles. The lowest BCUT2D eigenvalue weighted by Crippen LogP contribution is -2.41. The first-order chi connectivity index (χ1) is 15.8. The Morgan fingerprint density at radius 1 is 1.21 bits per heavy atom. The van der Waals surface area contributed by atoms with Crippen molar-refractivity contribution in [1.82, 2.24) is 14.4 Å². The SMILES string of the molecule is O=C(Nc1ccc(F)c(Cl)c1)C1CCN(S(=O)(=O)c2cc(-c3noc(C4CC4)n3)cs2)CC1. The number of nitrogens with one attached hydrogen (secondary N) is 1.